The lowest BCUT2D eigenvalue weighted by Crippen LogP contribution is -2.04. The second-order valence-corrected chi connectivity index (χ2v) is 3.71. The smallest absolute Gasteiger partial charge is 0.0462 e. The van der Waals surface area contributed by atoms with Crippen molar-refractivity contribution < 1.29 is 5.11 Å². The molecule has 0 aliphatic heterocycles. The molecule has 0 fully saturated rings. The molecule has 0 aromatic heterocycles. The lowest BCUT2D eigenvalue weighted by molar-refractivity contribution is 0.217. The van der Waals surface area contributed by atoms with Crippen molar-refractivity contribution in [3.05, 3.63) is 11.6 Å². The van der Waals surface area contributed by atoms with E-state index in [1.54, 1.807) is 0 Å². The van der Waals surface area contributed by atoms with E-state index in [1.807, 2.05) is 0 Å². The van der Waals surface area contributed by atoms with Gasteiger partial charge < -0.3 is 5.11 Å². The molecule has 1 unspecified atom stereocenters. The predicted octanol–water partition coefficient (Wildman–Crippen LogP) is 3.14. The molecule has 1 atom stereocenters. The lowest BCUT2D eigenvalue weighted by atomic mass is 9.98. The first-order valence-corrected chi connectivity index (χ1v) is 4.95. The SMILES string of the molecule is CCCCC(CO)CC=C(C)C. The number of allylic oxidation sites excluding steroid dienone is 2. The molecular formula is C11H22O. The highest BCUT2D eigenvalue weighted by molar-refractivity contribution is 4.93. The summed E-state index contributed by atoms with van der Waals surface area (Å²) in [5, 5.41) is 9.04. The van der Waals surface area contributed by atoms with Crippen LogP contribution in [0.25, 0.3) is 0 Å². The van der Waals surface area contributed by atoms with Gasteiger partial charge >= 0.3 is 0 Å². The topological polar surface area (TPSA) is 20.2 Å². The van der Waals surface area contributed by atoms with Crippen LogP contribution < -0.4 is 0 Å². The number of hydrogen-bond donors (Lipinski definition) is 1. The van der Waals surface area contributed by atoms with E-state index < -0.39 is 0 Å². The number of aliphatic hydroxyl groups is 1. The van der Waals surface area contributed by atoms with E-state index in [9.17, 15) is 0 Å². The normalized spacial score (nSPS) is 12.7. The summed E-state index contributed by atoms with van der Waals surface area (Å²) in [5.74, 6) is 0.486. The minimum absolute atomic E-state index is 0.337. The zero-order valence-electron chi connectivity index (χ0n) is 8.64. The number of unbranched alkanes of at least 4 members (excludes halogenated alkanes) is 1. The lowest BCUT2D eigenvalue weighted by Gasteiger charge is -2.10. The van der Waals surface area contributed by atoms with Crippen LogP contribution in [0.4, 0.5) is 0 Å². The van der Waals surface area contributed by atoms with Crippen molar-refractivity contribution in [1.82, 2.24) is 0 Å². The van der Waals surface area contributed by atoms with Crippen LogP contribution in [0.2, 0.25) is 0 Å². The Balaban J connectivity index is 3.60. The maximum Gasteiger partial charge on any atom is 0.0462 e. The van der Waals surface area contributed by atoms with Gasteiger partial charge in [-0.15, -0.1) is 0 Å². The Kier molecular flexibility index (Phi) is 7.17. The highest BCUT2D eigenvalue weighted by Gasteiger charge is 2.03. The molecule has 0 amide bonds. The maximum absolute atomic E-state index is 9.04. The van der Waals surface area contributed by atoms with E-state index in [0.29, 0.717) is 12.5 Å². The van der Waals surface area contributed by atoms with E-state index in [2.05, 4.69) is 26.8 Å². The quantitative estimate of drug-likeness (QED) is 0.607. The molecule has 0 aliphatic carbocycles. The fourth-order valence-electron chi connectivity index (χ4n) is 1.18. The first-order chi connectivity index (χ1) is 5.70. The van der Waals surface area contributed by atoms with E-state index in [4.69, 9.17) is 5.11 Å². The summed E-state index contributed by atoms with van der Waals surface area (Å²) in [6.45, 7) is 6.74. The van der Waals surface area contributed by atoms with Crippen LogP contribution in [0.15, 0.2) is 11.6 Å². The van der Waals surface area contributed by atoms with Crippen molar-refractivity contribution in [1.29, 1.82) is 0 Å². The minimum Gasteiger partial charge on any atom is -0.396 e. The van der Waals surface area contributed by atoms with E-state index >= 15 is 0 Å². The predicted molar refractivity (Wildman–Crippen MR) is 54.1 cm³/mol. The third-order valence-electron chi connectivity index (χ3n) is 2.08. The first kappa shape index (κ1) is 11.7. The Labute approximate surface area is 76.5 Å². The Hall–Kier alpha value is -0.300. The van der Waals surface area contributed by atoms with Gasteiger partial charge in [0.25, 0.3) is 0 Å². The average Bonchev–Trinajstić information content (AvgIpc) is 2.05. The van der Waals surface area contributed by atoms with Gasteiger partial charge in [-0.25, -0.2) is 0 Å². The molecule has 0 saturated heterocycles. The average molecular weight is 170 g/mol. The molecular weight excluding hydrogens is 148 g/mol. The van der Waals surface area contributed by atoms with Crippen LogP contribution in [-0.2, 0) is 0 Å². The maximum atomic E-state index is 9.04. The van der Waals surface area contributed by atoms with Crippen molar-refractivity contribution >= 4 is 0 Å². The second-order valence-electron chi connectivity index (χ2n) is 3.71. The molecule has 0 aromatic carbocycles. The van der Waals surface area contributed by atoms with E-state index in [1.165, 1.54) is 18.4 Å². The van der Waals surface area contributed by atoms with E-state index in [0.717, 1.165) is 12.8 Å². The van der Waals surface area contributed by atoms with Gasteiger partial charge in [-0.3, -0.25) is 0 Å². The first-order valence-electron chi connectivity index (χ1n) is 4.95. The second kappa shape index (κ2) is 7.35. The van der Waals surface area contributed by atoms with Crippen molar-refractivity contribution in [2.75, 3.05) is 6.61 Å². The molecule has 0 aromatic rings. The summed E-state index contributed by atoms with van der Waals surface area (Å²) >= 11 is 0. The molecule has 0 radical (unpaired) electrons. The summed E-state index contributed by atoms with van der Waals surface area (Å²) in [4.78, 5) is 0. The van der Waals surface area contributed by atoms with Gasteiger partial charge in [-0.05, 0) is 32.6 Å². The van der Waals surface area contributed by atoms with Gasteiger partial charge in [0.05, 0.1) is 0 Å². The van der Waals surface area contributed by atoms with Crippen LogP contribution in [0.5, 0.6) is 0 Å². The minimum atomic E-state index is 0.337. The van der Waals surface area contributed by atoms with Gasteiger partial charge in [0.2, 0.25) is 0 Å². The van der Waals surface area contributed by atoms with Gasteiger partial charge in [0.1, 0.15) is 0 Å². The van der Waals surface area contributed by atoms with Crippen molar-refractivity contribution in [3.63, 3.8) is 0 Å². The molecule has 1 nitrogen and oxygen atoms in total. The number of rotatable bonds is 6. The third-order valence-corrected chi connectivity index (χ3v) is 2.08. The van der Waals surface area contributed by atoms with Crippen molar-refractivity contribution in [2.45, 2.75) is 46.5 Å². The van der Waals surface area contributed by atoms with Gasteiger partial charge in [-0.1, -0.05) is 31.4 Å². The number of hydrogen-bond acceptors (Lipinski definition) is 1. The molecule has 0 saturated carbocycles. The monoisotopic (exact) mass is 170 g/mol. The van der Waals surface area contributed by atoms with Crippen LogP contribution in [0, 0.1) is 5.92 Å². The molecule has 0 spiro atoms. The fraction of sp³-hybridized carbons (Fsp3) is 0.818. The summed E-state index contributed by atoms with van der Waals surface area (Å²) in [6, 6.07) is 0. The molecule has 1 heteroatoms. The molecule has 0 heterocycles. The Bertz CT molecular complexity index is 123. The third kappa shape index (κ3) is 6.41. The zero-order chi connectivity index (χ0) is 9.40. The zero-order valence-corrected chi connectivity index (χ0v) is 8.64. The highest BCUT2D eigenvalue weighted by atomic mass is 16.3. The van der Waals surface area contributed by atoms with Crippen molar-refractivity contribution in [3.8, 4) is 0 Å². The summed E-state index contributed by atoms with van der Waals surface area (Å²) in [6.07, 6.45) is 6.89. The van der Waals surface area contributed by atoms with Gasteiger partial charge in [0, 0.05) is 6.61 Å². The van der Waals surface area contributed by atoms with Gasteiger partial charge in [0.15, 0.2) is 0 Å². The molecule has 12 heavy (non-hydrogen) atoms. The van der Waals surface area contributed by atoms with Crippen LogP contribution in [-0.4, -0.2) is 11.7 Å². The Morgan fingerprint density at radius 3 is 2.50 bits per heavy atom. The van der Waals surface area contributed by atoms with Crippen LogP contribution >= 0.6 is 0 Å². The summed E-state index contributed by atoms with van der Waals surface area (Å²) < 4.78 is 0. The Morgan fingerprint density at radius 1 is 1.42 bits per heavy atom. The van der Waals surface area contributed by atoms with Crippen molar-refractivity contribution in [2.24, 2.45) is 5.92 Å². The molecule has 1 N–H and O–H groups in total. The standard InChI is InChI=1S/C11H22O/c1-4-5-6-11(9-12)8-7-10(2)3/h7,11-12H,4-6,8-9H2,1-3H3. The molecule has 0 aliphatic rings. The van der Waals surface area contributed by atoms with Crippen LogP contribution in [0.3, 0.4) is 0 Å². The van der Waals surface area contributed by atoms with E-state index in [-0.39, 0.29) is 0 Å². The summed E-state index contributed by atoms with van der Waals surface area (Å²) in [7, 11) is 0. The number of aliphatic hydroxyl groups excluding tert-OH is 1. The molecule has 72 valence electrons. The highest BCUT2D eigenvalue weighted by Crippen LogP contribution is 2.13. The molecule has 0 bridgehead atoms. The Morgan fingerprint density at radius 2 is 2.08 bits per heavy atom. The van der Waals surface area contributed by atoms with Crippen LogP contribution in [0.1, 0.15) is 46.5 Å². The fourth-order valence-corrected chi connectivity index (χ4v) is 1.18. The molecule has 0 rings (SSSR count). The summed E-state index contributed by atoms with van der Waals surface area (Å²) in [5.41, 5.74) is 1.35. The largest absolute Gasteiger partial charge is 0.396 e. The van der Waals surface area contributed by atoms with Gasteiger partial charge in [-0.2, -0.15) is 0 Å².